The molecule has 3 aromatic carbocycles. The van der Waals surface area contributed by atoms with Crippen LogP contribution in [0.25, 0.3) is 5.57 Å². The van der Waals surface area contributed by atoms with Gasteiger partial charge in [0.25, 0.3) is 11.8 Å². The molecular formula is C35H35N3O4. The fraction of sp³-hybridized carbons (Fsp3) is 0.257. The lowest BCUT2D eigenvalue weighted by Gasteiger charge is -2.24. The summed E-state index contributed by atoms with van der Waals surface area (Å²) in [4.78, 5) is 30.8. The standard InChI is InChI=1S/C35H35N3O4/c1-24-21-26(13-15-29(24)31-11-6-9-25-7-2-4-10-30(25)31)34(41)38-23-28-14-16-33(35(42)36(17-19-39)18-20-40)37(28)22-27-8-3-5-12-32(27)38/h2-5,7-8,10-16,21,39-40H,6,9,17-20,22-23H2,1H3. The maximum absolute atomic E-state index is 14.2. The van der Waals surface area contributed by atoms with E-state index >= 15 is 0 Å². The van der Waals surface area contributed by atoms with Crippen LogP contribution in [0.3, 0.4) is 0 Å². The highest BCUT2D eigenvalue weighted by Gasteiger charge is 2.29. The van der Waals surface area contributed by atoms with Crippen LogP contribution in [0.5, 0.6) is 0 Å². The zero-order chi connectivity index (χ0) is 29.2. The van der Waals surface area contributed by atoms with Gasteiger partial charge in [-0.3, -0.25) is 9.59 Å². The number of rotatable bonds is 7. The molecule has 2 amide bonds. The monoisotopic (exact) mass is 561 g/mol. The topological polar surface area (TPSA) is 86.0 Å². The van der Waals surface area contributed by atoms with Gasteiger partial charge in [0, 0.05) is 30.0 Å². The van der Waals surface area contributed by atoms with Gasteiger partial charge in [-0.25, -0.2) is 0 Å². The molecule has 0 fully saturated rings. The molecule has 214 valence electrons. The summed E-state index contributed by atoms with van der Waals surface area (Å²) in [5.41, 5.74) is 9.70. The van der Waals surface area contributed by atoms with Crippen LogP contribution in [0.15, 0.2) is 84.9 Å². The minimum atomic E-state index is -0.258. The minimum absolute atomic E-state index is 0.0974. The van der Waals surface area contributed by atoms with E-state index in [4.69, 9.17) is 0 Å². The number of hydrogen-bond donors (Lipinski definition) is 2. The SMILES string of the molecule is Cc1cc(C(=O)N2Cc3ccc(C(=O)N(CCO)CCO)n3Cc3ccccc32)ccc1C1=CCCc2ccccc21. The first-order chi connectivity index (χ1) is 20.5. The van der Waals surface area contributed by atoms with Gasteiger partial charge >= 0.3 is 0 Å². The van der Waals surface area contributed by atoms with Crippen molar-refractivity contribution in [3.05, 3.63) is 130 Å². The normalized spacial score (nSPS) is 13.9. The van der Waals surface area contributed by atoms with Gasteiger partial charge in [-0.1, -0.05) is 54.6 Å². The van der Waals surface area contributed by atoms with Crippen LogP contribution >= 0.6 is 0 Å². The maximum atomic E-state index is 14.2. The van der Waals surface area contributed by atoms with Crippen molar-refractivity contribution in [3.63, 3.8) is 0 Å². The molecule has 2 N–H and O–H groups in total. The number of aliphatic hydroxyl groups excluding tert-OH is 2. The van der Waals surface area contributed by atoms with E-state index in [1.807, 2.05) is 47.0 Å². The zero-order valence-corrected chi connectivity index (χ0v) is 23.8. The number of fused-ring (bicyclic) bond motifs is 3. The van der Waals surface area contributed by atoms with Crippen molar-refractivity contribution in [2.45, 2.75) is 32.9 Å². The summed E-state index contributed by atoms with van der Waals surface area (Å²) in [7, 11) is 0. The van der Waals surface area contributed by atoms with Gasteiger partial charge in [0.15, 0.2) is 0 Å². The molecule has 2 aliphatic rings. The summed E-state index contributed by atoms with van der Waals surface area (Å²) in [6.07, 6.45) is 4.34. The molecule has 1 aromatic heterocycles. The van der Waals surface area contributed by atoms with Gasteiger partial charge in [-0.2, -0.15) is 0 Å². The second kappa shape index (κ2) is 11.8. The summed E-state index contributed by atoms with van der Waals surface area (Å²) in [5, 5.41) is 18.9. The van der Waals surface area contributed by atoms with Crippen molar-refractivity contribution in [3.8, 4) is 0 Å². The van der Waals surface area contributed by atoms with E-state index in [1.165, 1.54) is 21.6 Å². The van der Waals surface area contributed by atoms with Gasteiger partial charge < -0.3 is 24.6 Å². The molecule has 7 heteroatoms. The van der Waals surface area contributed by atoms with Crippen LogP contribution in [-0.4, -0.2) is 57.8 Å². The van der Waals surface area contributed by atoms with Crippen LogP contribution in [0.4, 0.5) is 5.69 Å². The molecular weight excluding hydrogens is 526 g/mol. The number of aromatic nitrogens is 1. The van der Waals surface area contributed by atoms with E-state index in [2.05, 4.69) is 43.3 Å². The Morgan fingerprint density at radius 2 is 1.57 bits per heavy atom. The van der Waals surface area contributed by atoms with Crippen molar-refractivity contribution >= 4 is 23.1 Å². The van der Waals surface area contributed by atoms with E-state index in [0.717, 1.165) is 40.9 Å². The molecule has 6 rings (SSSR count). The zero-order valence-electron chi connectivity index (χ0n) is 23.8. The predicted molar refractivity (Wildman–Crippen MR) is 164 cm³/mol. The molecule has 42 heavy (non-hydrogen) atoms. The van der Waals surface area contributed by atoms with Gasteiger partial charge in [0.05, 0.1) is 26.3 Å². The van der Waals surface area contributed by atoms with Crippen molar-refractivity contribution in [2.24, 2.45) is 0 Å². The summed E-state index contributed by atoms with van der Waals surface area (Å²) >= 11 is 0. The fourth-order valence-corrected chi connectivity index (χ4v) is 6.24. The Bertz CT molecular complexity index is 1680. The van der Waals surface area contributed by atoms with E-state index in [-0.39, 0.29) is 38.1 Å². The number of aryl methyl sites for hydroxylation is 2. The fourth-order valence-electron chi connectivity index (χ4n) is 6.24. The van der Waals surface area contributed by atoms with Crippen molar-refractivity contribution in [1.29, 1.82) is 0 Å². The third-order valence-corrected chi connectivity index (χ3v) is 8.33. The molecule has 0 radical (unpaired) electrons. The molecule has 0 bridgehead atoms. The number of aliphatic hydroxyl groups is 2. The van der Waals surface area contributed by atoms with Crippen LogP contribution in [0.1, 0.15) is 60.8 Å². The molecule has 1 aliphatic heterocycles. The number of amides is 2. The first-order valence-electron chi connectivity index (χ1n) is 14.5. The molecule has 0 saturated heterocycles. The highest BCUT2D eigenvalue weighted by atomic mass is 16.3. The van der Waals surface area contributed by atoms with E-state index in [9.17, 15) is 19.8 Å². The summed E-state index contributed by atoms with van der Waals surface area (Å²) in [5.74, 6) is -0.355. The summed E-state index contributed by atoms with van der Waals surface area (Å²) in [6, 6.07) is 26.0. The van der Waals surface area contributed by atoms with E-state index in [0.29, 0.717) is 24.3 Å². The number of anilines is 1. The smallest absolute Gasteiger partial charge is 0.270 e. The van der Waals surface area contributed by atoms with Gasteiger partial charge in [0.2, 0.25) is 0 Å². The number of carbonyl (C=O) groups is 2. The highest BCUT2D eigenvalue weighted by molar-refractivity contribution is 6.07. The molecule has 1 aliphatic carbocycles. The predicted octanol–water partition coefficient (Wildman–Crippen LogP) is 4.81. The Hall–Kier alpha value is -4.46. The quantitative estimate of drug-likeness (QED) is 0.339. The number of allylic oxidation sites excluding steroid dienone is 1. The molecule has 0 atom stereocenters. The molecule has 0 spiro atoms. The van der Waals surface area contributed by atoms with Crippen LogP contribution < -0.4 is 4.90 Å². The molecule has 7 nitrogen and oxygen atoms in total. The lowest BCUT2D eigenvalue weighted by Crippen LogP contribution is -2.37. The second-order valence-electron chi connectivity index (χ2n) is 10.9. The van der Waals surface area contributed by atoms with Gasteiger partial charge in [0.1, 0.15) is 5.69 Å². The summed E-state index contributed by atoms with van der Waals surface area (Å²) < 4.78 is 1.94. The summed E-state index contributed by atoms with van der Waals surface area (Å²) in [6.45, 7) is 2.70. The number of para-hydroxylation sites is 1. The van der Waals surface area contributed by atoms with Crippen molar-refractivity contribution in [1.82, 2.24) is 9.47 Å². The Labute approximate surface area is 245 Å². The average Bonchev–Trinajstić information content (AvgIpc) is 3.32. The number of carbonyl (C=O) groups excluding carboxylic acids is 2. The Morgan fingerprint density at radius 3 is 2.33 bits per heavy atom. The van der Waals surface area contributed by atoms with E-state index in [1.54, 1.807) is 11.0 Å². The molecule has 4 aromatic rings. The third-order valence-electron chi connectivity index (χ3n) is 8.33. The highest BCUT2D eigenvalue weighted by Crippen LogP contribution is 2.35. The van der Waals surface area contributed by atoms with Crippen LogP contribution in [0.2, 0.25) is 0 Å². The Kier molecular flexibility index (Phi) is 7.78. The van der Waals surface area contributed by atoms with Crippen LogP contribution in [-0.2, 0) is 19.5 Å². The van der Waals surface area contributed by atoms with Crippen LogP contribution in [0, 0.1) is 6.92 Å². The number of benzene rings is 3. The number of nitrogens with zero attached hydrogens (tertiary/aromatic N) is 3. The first-order valence-corrected chi connectivity index (χ1v) is 14.5. The van der Waals surface area contributed by atoms with Crippen molar-refractivity contribution < 1.29 is 19.8 Å². The number of hydrogen-bond acceptors (Lipinski definition) is 4. The average molecular weight is 562 g/mol. The largest absolute Gasteiger partial charge is 0.395 e. The van der Waals surface area contributed by atoms with Gasteiger partial charge in [-0.05, 0) is 83.5 Å². The molecule has 0 saturated carbocycles. The molecule has 0 unspecified atom stereocenters. The molecule has 2 heterocycles. The minimum Gasteiger partial charge on any atom is -0.395 e. The van der Waals surface area contributed by atoms with Crippen molar-refractivity contribution in [2.75, 3.05) is 31.2 Å². The lowest BCUT2D eigenvalue weighted by atomic mass is 9.85. The maximum Gasteiger partial charge on any atom is 0.270 e. The lowest BCUT2D eigenvalue weighted by molar-refractivity contribution is 0.0674. The third kappa shape index (κ3) is 5.06. The Balaban J connectivity index is 1.33. The second-order valence-corrected chi connectivity index (χ2v) is 10.9. The van der Waals surface area contributed by atoms with E-state index < -0.39 is 0 Å². The van der Waals surface area contributed by atoms with Gasteiger partial charge in [-0.15, -0.1) is 0 Å². The Morgan fingerprint density at radius 1 is 0.833 bits per heavy atom. The first kappa shape index (κ1) is 27.7.